The molecule has 1 aromatic rings. The van der Waals surface area contributed by atoms with Gasteiger partial charge in [0.1, 0.15) is 0 Å². The fraction of sp³-hybridized carbons (Fsp3) is 0.125. The average molecular weight is 303 g/mol. The standard InChI is InChI=1S/C8H3BrClF3O2/c9-5-1-3(7(14)15)6(10)2-4(5)8(11,12)13/h1-2H,(H,14,15). The van der Waals surface area contributed by atoms with E-state index >= 15 is 0 Å². The second kappa shape index (κ2) is 4.02. The van der Waals surface area contributed by atoms with Crippen molar-refractivity contribution in [3.8, 4) is 0 Å². The second-order valence-corrected chi connectivity index (χ2v) is 3.88. The maximum Gasteiger partial charge on any atom is 0.417 e. The first-order valence-corrected chi connectivity index (χ1v) is 4.70. The topological polar surface area (TPSA) is 37.3 Å². The minimum absolute atomic E-state index is 0.350. The van der Waals surface area contributed by atoms with E-state index in [4.69, 9.17) is 16.7 Å². The molecule has 0 unspecified atom stereocenters. The van der Waals surface area contributed by atoms with Crippen LogP contribution in [0.2, 0.25) is 5.02 Å². The minimum atomic E-state index is -4.57. The largest absolute Gasteiger partial charge is 0.478 e. The van der Waals surface area contributed by atoms with E-state index in [1.165, 1.54) is 0 Å². The van der Waals surface area contributed by atoms with E-state index in [1.807, 2.05) is 0 Å². The fourth-order valence-corrected chi connectivity index (χ4v) is 1.74. The maximum absolute atomic E-state index is 12.3. The molecule has 0 saturated carbocycles. The van der Waals surface area contributed by atoms with Gasteiger partial charge in [0.2, 0.25) is 0 Å². The number of carbonyl (C=O) groups is 1. The van der Waals surface area contributed by atoms with Crippen molar-refractivity contribution in [2.45, 2.75) is 6.18 Å². The van der Waals surface area contributed by atoms with Crippen molar-refractivity contribution in [1.29, 1.82) is 0 Å². The van der Waals surface area contributed by atoms with Crippen LogP contribution in [0.4, 0.5) is 13.2 Å². The fourth-order valence-electron chi connectivity index (χ4n) is 0.928. The van der Waals surface area contributed by atoms with Crippen molar-refractivity contribution in [3.63, 3.8) is 0 Å². The lowest BCUT2D eigenvalue weighted by Crippen LogP contribution is -2.08. The molecule has 0 heterocycles. The Morgan fingerprint density at radius 3 is 2.33 bits per heavy atom. The van der Waals surface area contributed by atoms with E-state index in [1.54, 1.807) is 0 Å². The molecule has 0 amide bonds. The third-order valence-electron chi connectivity index (χ3n) is 1.59. The van der Waals surface area contributed by atoms with Crippen molar-refractivity contribution < 1.29 is 23.1 Å². The highest BCUT2D eigenvalue weighted by atomic mass is 79.9. The second-order valence-electron chi connectivity index (χ2n) is 2.61. The van der Waals surface area contributed by atoms with Gasteiger partial charge in [0.05, 0.1) is 16.1 Å². The van der Waals surface area contributed by atoms with Crippen LogP contribution in [0.5, 0.6) is 0 Å². The Labute approximate surface area is 95.8 Å². The molecule has 1 rings (SSSR count). The molecule has 0 aliphatic carbocycles. The van der Waals surface area contributed by atoms with Gasteiger partial charge in [0, 0.05) is 4.47 Å². The van der Waals surface area contributed by atoms with Gasteiger partial charge in [0.25, 0.3) is 0 Å². The molecular weight excluding hydrogens is 300 g/mol. The molecule has 1 aromatic carbocycles. The molecule has 2 nitrogen and oxygen atoms in total. The SMILES string of the molecule is O=C(O)c1cc(Br)c(C(F)(F)F)cc1Cl. The van der Waals surface area contributed by atoms with Gasteiger partial charge in [-0.2, -0.15) is 13.2 Å². The number of halogens is 5. The van der Waals surface area contributed by atoms with Crippen LogP contribution in [0.15, 0.2) is 16.6 Å². The van der Waals surface area contributed by atoms with Crippen LogP contribution >= 0.6 is 27.5 Å². The minimum Gasteiger partial charge on any atom is -0.478 e. The normalized spacial score (nSPS) is 11.5. The molecule has 1 N–H and O–H groups in total. The number of aromatic carboxylic acids is 1. The number of carboxylic acids is 1. The summed E-state index contributed by atoms with van der Waals surface area (Å²) in [7, 11) is 0. The molecule has 0 aliphatic rings. The lowest BCUT2D eigenvalue weighted by atomic mass is 10.1. The first-order valence-electron chi connectivity index (χ1n) is 3.53. The zero-order valence-corrected chi connectivity index (χ0v) is 9.24. The van der Waals surface area contributed by atoms with E-state index in [0.29, 0.717) is 6.07 Å². The molecule has 82 valence electrons. The molecular formula is C8H3BrClF3O2. The Morgan fingerprint density at radius 1 is 1.40 bits per heavy atom. The highest BCUT2D eigenvalue weighted by Gasteiger charge is 2.34. The van der Waals surface area contributed by atoms with Crippen molar-refractivity contribution in [2.24, 2.45) is 0 Å². The summed E-state index contributed by atoms with van der Waals surface area (Å²) in [4.78, 5) is 10.5. The summed E-state index contributed by atoms with van der Waals surface area (Å²) < 4.78 is 36.6. The van der Waals surface area contributed by atoms with E-state index < -0.39 is 22.7 Å². The van der Waals surface area contributed by atoms with Gasteiger partial charge in [-0.05, 0) is 12.1 Å². The van der Waals surface area contributed by atoms with Crippen molar-refractivity contribution >= 4 is 33.5 Å². The summed E-state index contributed by atoms with van der Waals surface area (Å²) in [6.45, 7) is 0. The van der Waals surface area contributed by atoms with E-state index in [2.05, 4.69) is 15.9 Å². The highest BCUT2D eigenvalue weighted by Crippen LogP contribution is 2.37. The van der Waals surface area contributed by atoms with E-state index in [-0.39, 0.29) is 10.0 Å². The first kappa shape index (κ1) is 12.3. The number of hydrogen-bond acceptors (Lipinski definition) is 1. The van der Waals surface area contributed by atoms with Gasteiger partial charge in [0.15, 0.2) is 0 Å². The van der Waals surface area contributed by atoms with Crippen molar-refractivity contribution in [2.75, 3.05) is 0 Å². The van der Waals surface area contributed by atoms with Crippen LogP contribution in [0.25, 0.3) is 0 Å². The molecule has 0 bridgehead atoms. The zero-order valence-electron chi connectivity index (χ0n) is 6.90. The lowest BCUT2D eigenvalue weighted by molar-refractivity contribution is -0.138. The summed E-state index contributed by atoms with van der Waals surface area (Å²) in [6, 6.07) is 1.41. The van der Waals surface area contributed by atoms with Crippen LogP contribution < -0.4 is 0 Å². The number of rotatable bonds is 1. The van der Waals surface area contributed by atoms with Crippen LogP contribution in [0, 0.1) is 0 Å². The summed E-state index contributed by atoms with van der Waals surface area (Å²) in [5, 5.41) is 8.15. The Kier molecular flexibility index (Phi) is 3.30. The van der Waals surface area contributed by atoms with Crippen LogP contribution in [-0.2, 0) is 6.18 Å². The van der Waals surface area contributed by atoms with Crippen LogP contribution in [-0.4, -0.2) is 11.1 Å². The Balaban J connectivity index is 3.39. The molecule has 0 saturated heterocycles. The summed E-state index contributed by atoms with van der Waals surface area (Å²) in [6.07, 6.45) is -4.57. The van der Waals surface area contributed by atoms with Crippen LogP contribution in [0.3, 0.4) is 0 Å². The number of benzene rings is 1. The van der Waals surface area contributed by atoms with E-state index in [9.17, 15) is 18.0 Å². The van der Waals surface area contributed by atoms with Gasteiger partial charge >= 0.3 is 12.1 Å². The quantitative estimate of drug-likeness (QED) is 0.856. The lowest BCUT2D eigenvalue weighted by Gasteiger charge is -2.10. The number of hydrogen-bond donors (Lipinski definition) is 1. The number of alkyl halides is 3. The van der Waals surface area contributed by atoms with Gasteiger partial charge in [-0.15, -0.1) is 0 Å². The summed E-state index contributed by atoms with van der Waals surface area (Å²) >= 11 is 8.04. The van der Waals surface area contributed by atoms with Gasteiger partial charge in [-0.1, -0.05) is 27.5 Å². The summed E-state index contributed by atoms with van der Waals surface area (Å²) in [5.41, 5.74) is -1.38. The predicted octanol–water partition coefficient (Wildman–Crippen LogP) is 3.82. The monoisotopic (exact) mass is 302 g/mol. The third-order valence-corrected chi connectivity index (χ3v) is 2.56. The molecule has 0 atom stereocenters. The molecule has 15 heavy (non-hydrogen) atoms. The summed E-state index contributed by atoms with van der Waals surface area (Å²) in [5.74, 6) is -1.38. The first-order chi connectivity index (χ1) is 6.73. The van der Waals surface area contributed by atoms with Gasteiger partial charge < -0.3 is 5.11 Å². The van der Waals surface area contributed by atoms with E-state index in [0.717, 1.165) is 6.07 Å². The molecule has 7 heteroatoms. The third kappa shape index (κ3) is 2.63. The molecule has 0 aromatic heterocycles. The van der Waals surface area contributed by atoms with Crippen LogP contribution in [0.1, 0.15) is 15.9 Å². The molecule has 0 radical (unpaired) electrons. The Hall–Kier alpha value is -0.750. The number of carboxylic acid groups (broad SMARTS) is 1. The zero-order chi connectivity index (χ0) is 11.8. The predicted molar refractivity (Wildman–Crippen MR) is 51.1 cm³/mol. The van der Waals surface area contributed by atoms with Gasteiger partial charge in [-0.25, -0.2) is 4.79 Å². The Bertz CT molecular complexity index is 417. The Morgan fingerprint density at radius 2 is 1.93 bits per heavy atom. The molecule has 0 fully saturated rings. The average Bonchev–Trinajstić information content (AvgIpc) is 2.06. The maximum atomic E-state index is 12.3. The van der Waals surface area contributed by atoms with Crippen molar-refractivity contribution in [1.82, 2.24) is 0 Å². The van der Waals surface area contributed by atoms with Gasteiger partial charge in [-0.3, -0.25) is 0 Å². The molecule has 0 aliphatic heterocycles. The highest BCUT2D eigenvalue weighted by molar-refractivity contribution is 9.10. The molecule has 0 spiro atoms. The smallest absolute Gasteiger partial charge is 0.417 e. The van der Waals surface area contributed by atoms with Crippen molar-refractivity contribution in [3.05, 3.63) is 32.8 Å².